The van der Waals surface area contributed by atoms with Crippen molar-refractivity contribution >= 4 is 23.3 Å². The Balaban J connectivity index is 2.19. The van der Waals surface area contributed by atoms with Crippen LogP contribution in [-0.2, 0) is 0 Å². The summed E-state index contributed by atoms with van der Waals surface area (Å²) < 4.78 is 5.74. The predicted molar refractivity (Wildman–Crippen MR) is 96.9 cm³/mol. The van der Waals surface area contributed by atoms with Crippen molar-refractivity contribution in [1.82, 2.24) is 5.32 Å². The van der Waals surface area contributed by atoms with Gasteiger partial charge in [-0.2, -0.15) is 4.99 Å². The fourth-order valence-electron chi connectivity index (χ4n) is 1.90. The number of carbonyl (C=O) groups excluding carboxylic acids is 1. The summed E-state index contributed by atoms with van der Waals surface area (Å²) in [5, 5.41) is 3.28. The second kappa shape index (κ2) is 8.17. The number of hydrogen-bond donors (Lipinski definition) is 2. The number of rotatable bonds is 5. The quantitative estimate of drug-likeness (QED) is 0.641. The molecule has 0 aliphatic carbocycles. The maximum atomic E-state index is 12.1. The van der Waals surface area contributed by atoms with Crippen molar-refractivity contribution in [3.8, 4) is 11.5 Å². The third-order valence-electron chi connectivity index (χ3n) is 3.05. The molecule has 0 heterocycles. The number of benzene rings is 2. The van der Waals surface area contributed by atoms with Crippen LogP contribution in [-0.4, -0.2) is 18.8 Å². The first-order chi connectivity index (χ1) is 11.5. The van der Waals surface area contributed by atoms with Crippen molar-refractivity contribution in [2.75, 3.05) is 7.05 Å². The summed E-state index contributed by atoms with van der Waals surface area (Å²) in [6.07, 6.45) is 3.09. The van der Waals surface area contributed by atoms with Crippen LogP contribution in [0, 0.1) is 6.92 Å². The van der Waals surface area contributed by atoms with Crippen LogP contribution in [0.4, 0.5) is 0 Å². The molecule has 0 saturated carbocycles. The van der Waals surface area contributed by atoms with Gasteiger partial charge >= 0.3 is 0 Å². The fourth-order valence-corrected chi connectivity index (χ4v) is 2.17. The zero-order valence-electron chi connectivity index (χ0n) is 13.4. The molecular weight excluding hydrogens is 326 g/mol. The van der Waals surface area contributed by atoms with Crippen molar-refractivity contribution in [2.45, 2.75) is 6.92 Å². The Kier molecular flexibility index (Phi) is 5.98. The summed E-state index contributed by atoms with van der Waals surface area (Å²) in [7, 11) is 1.72. The van der Waals surface area contributed by atoms with Crippen molar-refractivity contribution in [2.24, 2.45) is 10.7 Å². The van der Waals surface area contributed by atoms with E-state index < -0.39 is 5.91 Å². The average Bonchev–Trinajstić information content (AvgIpc) is 2.56. The lowest BCUT2D eigenvalue weighted by molar-refractivity contribution is 0.100. The molecule has 0 bridgehead atoms. The van der Waals surface area contributed by atoms with E-state index in [0.29, 0.717) is 22.1 Å². The van der Waals surface area contributed by atoms with Crippen molar-refractivity contribution in [3.63, 3.8) is 0 Å². The van der Waals surface area contributed by atoms with Crippen LogP contribution >= 0.6 is 11.6 Å². The molecule has 124 valence electrons. The van der Waals surface area contributed by atoms with E-state index >= 15 is 0 Å². The summed E-state index contributed by atoms with van der Waals surface area (Å²) in [4.78, 5) is 15.9. The number of nitrogens with two attached hydrogens (primary N) is 1. The van der Waals surface area contributed by atoms with Gasteiger partial charge in [-0.25, -0.2) is 0 Å². The standard InChI is InChI=1S/C18H18ClN3O2/c1-12-6-7-16(15(19)10-12)24-14-5-3-4-13(11-14)18(23)22-17(20)8-9-21-2/h3-11,21H,1-2H3,(H2,20,22,23)/b9-8-. The molecule has 3 N–H and O–H groups in total. The number of aryl methyl sites for hydroxylation is 1. The van der Waals surface area contributed by atoms with Gasteiger partial charge in [0.15, 0.2) is 0 Å². The number of nitrogens with zero attached hydrogens (tertiary/aromatic N) is 1. The van der Waals surface area contributed by atoms with E-state index in [1.165, 1.54) is 6.08 Å². The number of hydrogen-bond acceptors (Lipinski definition) is 3. The molecule has 2 aromatic carbocycles. The molecule has 0 unspecified atom stereocenters. The van der Waals surface area contributed by atoms with Gasteiger partial charge in [-0.05, 0) is 55.1 Å². The third kappa shape index (κ3) is 4.86. The van der Waals surface area contributed by atoms with Gasteiger partial charge < -0.3 is 15.8 Å². The Hall–Kier alpha value is -2.79. The maximum absolute atomic E-state index is 12.1. The molecule has 0 fully saturated rings. The molecule has 0 radical (unpaired) electrons. The van der Waals surface area contributed by atoms with Crippen LogP contribution < -0.4 is 15.8 Å². The average molecular weight is 344 g/mol. The lowest BCUT2D eigenvalue weighted by Gasteiger charge is -2.09. The van der Waals surface area contributed by atoms with Gasteiger partial charge in [0.1, 0.15) is 17.3 Å². The molecule has 24 heavy (non-hydrogen) atoms. The van der Waals surface area contributed by atoms with E-state index in [2.05, 4.69) is 10.3 Å². The minimum Gasteiger partial charge on any atom is -0.456 e. The van der Waals surface area contributed by atoms with Gasteiger partial charge in [-0.1, -0.05) is 23.7 Å². The minimum atomic E-state index is -0.450. The Morgan fingerprint density at radius 2 is 2.08 bits per heavy atom. The summed E-state index contributed by atoms with van der Waals surface area (Å²) >= 11 is 6.16. The molecule has 6 heteroatoms. The summed E-state index contributed by atoms with van der Waals surface area (Å²) in [5.74, 6) is 0.675. The minimum absolute atomic E-state index is 0.113. The van der Waals surface area contributed by atoms with Gasteiger partial charge in [0.2, 0.25) is 0 Å². The molecule has 0 aliphatic heterocycles. The monoisotopic (exact) mass is 343 g/mol. The number of carbonyl (C=O) groups is 1. The molecule has 0 spiro atoms. The Morgan fingerprint density at radius 1 is 1.29 bits per heavy atom. The van der Waals surface area contributed by atoms with Crippen LogP contribution in [0.3, 0.4) is 0 Å². The third-order valence-corrected chi connectivity index (χ3v) is 3.34. The van der Waals surface area contributed by atoms with Gasteiger partial charge in [0, 0.05) is 12.6 Å². The van der Waals surface area contributed by atoms with E-state index in [1.807, 2.05) is 19.1 Å². The molecule has 2 rings (SSSR count). The van der Waals surface area contributed by atoms with Gasteiger partial charge in [-0.3, -0.25) is 4.79 Å². The Labute approximate surface area is 145 Å². The van der Waals surface area contributed by atoms with E-state index in [-0.39, 0.29) is 5.84 Å². The largest absolute Gasteiger partial charge is 0.456 e. The summed E-state index contributed by atoms with van der Waals surface area (Å²) in [6.45, 7) is 1.94. The van der Waals surface area contributed by atoms with E-state index in [0.717, 1.165) is 5.56 Å². The molecule has 0 saturated heterocycles. The number of nitrogens with one attached hydrogen (secondary N) is 1. The zero-order valence-corrected chi connectivity index (χ0v) is 14.2. The summed E-state index contributed by atoms with van der Waals surface area (Å²) in [6, 6.07) is 12.2. The smallest absolute Gasteiger partial charge is 0.279 e. The number of amides is 1. The lowest BCUT2D eigenvalue weighted by Crippen LogP contribution is -2.12. The normalized spacial score (nSPS) is 11.5. The highest BCUT2D eigenvalue weighted by atomic mass is 35.5. The molecule has 1 amide bonds. The molecular formula is C18H18ClN3O2. The van der Waals surface area contributed by atoms with Crippen molar-refractivity contribution in [1.29, 1.82) is 0 Å². The lowest BCUT2D eigenvalue weighted by atomic mass is 10.2. The van der Waals surface area contributed by atoms with Gasteiger partial charge in [-0.15, -0.1) is 0 Å². The van der Waals surface area contributed by atoms with Gasteiger partial charge in [0.05, 0.1) is 5.02 Å². The van der Waals surface area contributed by atoms with Crippen LogP contribution in [0.5, 0.6) is 11.5 Å². The zero-order chi connectivity index (χ0) is 17.5. The highest BCUT2D eigenvalue weighted by Crippen LogP contribution is 2.30. The number of amidine groups is 1. The van der Waals surface area contributed by atoms with Crippen LogP contribution in [0.2, 0.25) is 5.02 Å². The SMILES string of the molecule is CN/C=C\C(N)=NC(=O)c1cccc(Oc2ccc(C)cc2Cl)c1. The Bertz CT molecular complexity index is 801. The maximum Gasteiger partial charge on any atom is 0.279 e. The van der Waals surface area contributed by atoms with E-state index in [1.54, 1.807) is 43.6 Å². The Morgan fingerprint density at radius 3 is 2.79 bits per heavy atom. The highest BCUT2D eigenvalue weighted by Gasteiger charge is 2.08. The molecule has 0 aliphatic rings. The molecule has 0 atom stereocenters. The first kappa shape index (κ1) is 17.6. The van der Waals surface area contributed by atoms with E-state index in [9.17, 15) is 4.79 Å². The predicted octanol–water partition coefficient (Wildman–Crippen LogP) is 3.67. The molecule has 0 aromatic heterocycles. The topological polar surface area (TPSA) is 76.7 Å². The molecule has 2 aromatic rings. The second-order valence-corrected chi connectivity index (χ2v) is 5.43. The second-order valence-electron chi connectivity index (χ2n) is 5.03. The summed E-state index contributed by atoms with van der Waals surface area (Å²) in [5.41, 5.74) is 7.06. The van der Waals surface area contributed by atoms with Crippen molar-refractivity contribution in [3.05, 3.63) is 70.9 Å². The van der Waals surface area contributed by atoms with Gasteiger partial charge in [0.25, 0.3) is 5.91 Å². The first-order valence-electron chi connectivity index (χ1n) is 7.26. The number of aliphatic imine (C=N–C) groups is 1. The first-order valence-corrected chi connectivity index (χ1v) is 7.64. The number of ether oxygens (including phenoxy) is 1. The van der Waals surface area contributed by atoms with Crippen LogP contribution in [0.15, 0.2) is 59.7 Å². The number of halogens is 1. The van der Waals surface area contributed by atoms with E-state index in [4.69, 9.17) is 22.1 Å². The highest BCUT2D eigenvalue weighted by molar-refractivity contribution is 6.32. The van der Waals surface area contributed by atoms with Crippen molar-refractivity contribution < 1.29 is 9.53 Å². The fraction of sp³-hybridized carbons (Fsp3) is 0.111. The van der Waals surface area contributed by atoms with Crippen LogP contribution in [0.1, 0.15) is 15.9 Å². The molecule has 5 nitrogen and oxygen atoms in total. The van der Waals surface area contributed by atoms with Crippen LogP contribution in [0.25, 0.3) is 0 Å².